The number of phenolic OH excluding ortho intramolecular Hbond substituents is 1. The van der Waals surface area contributed by atoms with Crippen LogP contribution in [-0.4, -0.2) is 48.0 Å². The molecule has 0 aromatic heterocycles. The number of fused-ring (bicyclic) bond motifs is 1. The fourth-order valence-electron chi connectivity index (χ4n) is 3.03. The van der Waals surface area contributed by atoms with Crippen molar-refractivity contribution >= 4 is 45.0 Å². The molecule has 1 heterocycles. The molecule has 3 N–H and O–H groups in total. The van der Waals surface area contributed by atoms with Crippen LogP contribution in [0.25, 0.3) is 0 Å². The van der Waals surface area contributed by atoms with Crippen LogP contribution in [-0.2, 0) is 14.8 Å². The highest BCUT2D eigenvalue weighted by molar-refractivity contribution is 8.01. The van der Waals surface area contributed by atoms with E-state index in [-0.39, 0.29) is 33.1 Å². The summed E-state index contributed by atoms with van der Waals surface area (Å²) >= 11 is 1.40. The normalized spacial score (nSPS) is 16.1. The Morgan fingerprint density at radius 3 is 2.57 bits per heavy atom. The Morgan fingerprint density at radius 2 is 1.90 bits per heavy atom. The van der Waals surface area contributed by atoms with Gasteiger partial charge in [0, 0.05) is 23.5 Å². The lowest BCUT2D eigenvalue weighted by molar-refractivity contribution is -0.115. The summed E-state index contributed by atoms with van der Waals surface area (Å²) in [4.78, 5) is 25.4. The zero-order chi connectivity index (χ0) is 22.1. The van der Waals surface area contributed by atoms with Crippen LogP contribution < -0.4 is 10.6 Å². The number of nitrogens with one attached hydrogen (secondary N) is 2. The van der Waals surface area contributed by atoms with E-state index in [1.807, 2.05) is 0 Å². The molecule has 2 amide bonds. The fourth-order valence-corrected chi connectivity index (χ4v) is 5.45. The van der Waals surface area contributed by atoms with E-state index in [0.717, 1.165) is 4.90 Å². The second kappa shape index (κ2) is 8.66. The second-order valence-corrected chi connectivity index (χ2v) is 10.0. The molecule has 10 heteroatoms. The maximum absolute atomic E-state index is 12.7. The summed E-state index contributed by atoms with van der Waals surface area (Å²) in [6.45, 7) is 5.87. The van der Waals surface area contributed by atoms with Crippen LogP contribution in [0.4, 0.5) is 11.4 Å². The van der Waals surface area contributed by atoms with Gasteiger partial charge >= 0.3 is 0 Å². The van der Waals surface area contributed by atoms with E-state index >= 15 is 0 Å². The summed E-state index contributed by atoms with van der Waals surface area (Å²) in [6, 6.07) is 8.67. The van der Waals surface area contributed by atoms with Crippen molar-refractivity contribution in [3.63, 3.8) is 0 Å². The van der Waals surface area contributed by atoms with Crippen LogP contribution in [0.3, 0.4) is 0 Å². The van der Waals surface area contributed by atoms with Crippen LogP contribution in [0.2, 0.25) is 0 Å². The van der Waals surface area contributed by atoms with Gasteiger partial charge in [-0.2, -0.15) is 4.31 Å². The molecule has 0 saturated heterocycles. The Labute approximate surface area is 179 Å². The Bertz CT molecular complexity index is 1100. The number of nitrogens with zero attached hydrogens (tertiary/aromatic N) is 1. The number of sulfonamides is 1. The molecule has 0 aliphatic carbocycles. The smallest absolute Gasteiger partial charge is 0.255 e. The molecule has 0 fully saturated rings. The third kappa shape index (κ3) is 4.30. The van der Waals surface area contributed by atoms with Crippen LogP contribution >= 0.6 is 11.8 Å². The molecule has 3 rings (SSSR count). The molecule has 0 radical (unpaired) electrons. The Morgan fingerprint density at radius 1 is 1.20 bits per heavy atom. The number of benzene rings is 2. The Kier molecular flexibility index (Phi) is 6.39. The van der Waals surface area contributed by atoms with Crippen molar-refractivity contribution in [1.82, 2.24) is 4.31 Å². The van der Waals surface area contributed by atoms with E-state index in [9.17, 15) is 23.1 Å². The summed E-state index contributed by atoms with van der Waals surface area (Å²) in [7, 11) is -3.74. The molecule has 2 aromatic rings. The number of amides is 2. The van der Waals surface area contributed by atoms with E-state index in [2.05, 4.69) is 10.6 Å². The molecule has 1 atom stereocenters. The standard InChI is InChI=1S/C20H23N3O5S2/c1-4-23(5-2)30(27,28)14-7-8-17(24)15(11-14)21-20(26)13-6-9-18-16(10-13)22-19(25)12(3)29-18/h6-12,24H,4-5H2,1-3H3,(H,21,26)(H,22,25)/t12-/m1/s1. The lowest BCUT2D eigenvalue weighted by Gasteiger charge is -2.22. The number of rotatable bonds is 6. The van der Waals surface area contributed by atoms with Crippen LogP contribution in [0.1, 0.15) is 31.1 Å². The Hall–Kier alpha value is -2.56. The van der Waals surface area contributed by atoms with Gasteiger partial charge in [0.2, 0.25) is 15.9 Å². The molecular weight excluding hydrogens is 426 g/mol. The average molecular weight is 450 g/mol. The highest BCUT2D eigenvalue weighted by Gasteiger charge is 2.25. The largest absolute Gasteiger partial charge is 0.506 e. The van der Waals surface area contributed by atoms with E-state index in [4.69, 9.17) is 0 Å². The van der Waals surface area contributed by atoms with E-state index in [0.29, 0.717) is 18.8 Å². The number of carbonyl (C=O) groups excluding carboxylic acids is 2. The predicted molar refractivity (Wildman–Crippen MR) is 117 cm³/mol. The first kappa shape index (κ1) is 22.1. The molecule has 8 nitrogen and oxygen atoms in total. The van der Waals surface area contributed by atoms with Crippen molar-refractivity contribution < 1.29 is 23.1 Å². The summed E-state index contributed by atoms with van der Waals surface area (Å²) in [5.74, 6) is -0.933. The minimum Gasteiger partial charge on any atom is -0.506 e. The number of thioether (sulfide) groups is 1. The number of anilines is 2. The van der Waals surface area contributed by atoms with Crippen molar-refractivity contribution in [3.8, 4) is 5.75 Å². The van der Waals surface area contributed by atoms with E-state index in [1.54, 1.807) is 39.0 Å². The minimum atomic E-state index is -3.74. The third-order valence-corrected chi connectivity index (χ3v) is 7.96. The van der Waals surface area contributed by atoms with Crippen molar-refractivity contribution in [2.24, 2.45) is 0 Å². The molecule has 30 heavy (non-hydrogen) atoms. The maximum atomic E-state index is 12.7. The van der Waals surface area contributed by atoms with Gasteiger partial charge in [0.25, 0.3) is 5.91 Å². The first-order valence-corrected chi connectivity index (χ1v) is 11.8. The molecule has 0 saturated carbocycles. The first-order valence-electron chi connectivity index (χ1n) is 9.43. The highest BCUT2D eigenvalue weighted by Crippen LogP contribution is 2.36. The van der Waals surface area contributed by atoms with E-state index < -0.39 is 15.9 Å². The van der Waals surface area contributed by atoms with Gasteiger partial charge in [0.05, 0.1) is 21.5 Å². The average Bonchev–Trinajstić information content (AvgIpc) is 2.70. The van der Waals surface area contributed by atoms with Gasteiger partial charge < -0.3 is 15.7 Å². The lowest BCUT2D eigenvalue weighted by Crippen LogP contribution is -2.30. The Balaban J connectivity index is 1.87. The topological polar surface area (TPSA) is 116 Å². The van der Waals surface area contributed by atoms with Crippen LogP contribution in [0.5, 0.6) is 5.75 Å². The number of aromatic hydroxyl groups is 1. The predicted octanol–water partition coefficient (Wildman–Crippen LogP) is 3.11. The van der Waals surface area contributed by atoms with Crippen LogP contribution in [0, 0.1) is 0 Å². The number of hydrogen-bond donors (Lipinski definition) is 3. The first-order chi connectivity index (χ1) is 14.2. The fraction of sp³-hybridized carbons (Fsp3) is 0.300. The van der Waals surface area contributed by atoms with Crippen LogP contribution in [0.15, 0.2) is 46.2 Å². The molecule has 1 aliphatic heterocycles. The van der Waals surface area contributed by atoms with Gasteiger partial charge in [0.1, 0.15) is 5.75 Å². The molecule has 2 aromatic carbocycles. The highest BCUT2D eigenvalue weighted by atomic mass is 32.2. The molecule has 0 spiro atoms. The number of phenols is 1. The maximum Gasteiger partial charge on any atom is 0.255 e. The molecule has 0 bridgehead atoms. The third-order valence-electron chi connectivity index (χ3n) is 4.73. The molecular formula is C20H23N3O5S2. The van der Waals surface area contributed by atoms with E-state index in [1.165, 1.54) is 34.3 Å². The summed E-state index contributed by atoms with van der Waals surface area (Å²) in [5, 5.41) is 15.2. The van der Waals surface area contributed by atoms with Gasteiger partial charge in [-0.3, -0.25) is 9.59 Å². The quantitative estimate of drug-likeness (QED) is 0.584. The summed E-state index contributed by atoms with van der Waals surface area (Å²) < 4.78 is 26.7. The summed E-state index contributed by atoms with van der Waals surface area (Å²) in [6.07, 6.45) is 0. The van der Waals surface area contributed by atoms with Crippen molar-refractivity contribution in [2.75, 3.05) is 23.7 Å². The number of carbonyl (C=O) groups is 2. The van der Waals surface area contributed by atoms with Crippen molar-refractivity contribution in [3.05, 3.63) is 42.0 Å². The van der Waals surface area contributed by atoms with Crippen molar-refractivity contribution in [1.29, 1.82) is 0 Å². The zero-order valence-corrected chi connectivity index (χ0v) is 18.4. The number of hydrogen-bond acceptors (Lipinski definition) is 6. The second-order valence-electron chi connectivity index (χ2n) is 6.68. The SMILES string of the molecule is CCN(CC)S(=O)(=O)c1ccc(O)c(NC(=O)c2ccc3c(c2)NC(=O)[C@@H](C)S3)c1. The monoisotopic (exact) mass is 449 g/mol. The zero-order valence-electron chi connectivity index (χ0n) is 16.8. The van der Waals surface area contributed by atoms with Gasteiger partial charge in [-0.1, -0.05) is 13.8 Å². The van der Waals surface area contributed by atoms with Gasteiger partial charge in [-0.25, -0.2) is 8.42 Å². The van der Waals surface area contributed by atoms with Gasteiger partial charge in [0.15, 0.2) is 0 Å². The lowest BCUT2D eigenvalue weighted by atomic mass is 10.1. The van der Waals surface area contributed by atoms with Gasteiger partial charge in [-0.05, 0) is 43.3 Å². The minimum absolute atomic E-state index is 0.0158. The summed E-state index contributed by atoms with van der Waals surface area (Å²) in [5.41, 5.74) is 0.788. The van der Waals surface area contributed by atoms with Crippen molar-refractivity contribution in [2.45, 2.75) is 35.8 Å². The molecule has 160 valence electrons. The molecule has 0 unspecified atom stereocenters. The van der Waals surface area contributed by atoms with Gasteiger partial charge in [-0.15, -0.1) is 11.8 Å². The molecule has 1 aliphatic rings.